The third-order valence-electron chi connectivity index (χ3n) is 4.27. The van der Waals surface area contributed by atoms with Gasteiger partial charge in [0.2, 0.25) is 0 Å². The number of aliphatic hydroxyl groups excluding tert-OH is 1. The molecule has 28 heavy (non-hydrogen) atoms. The number of alkyl halides is 4. The summed E-state index contributed by atoms with van der Waals surface area (Å²) in [7, 11) is 0. The Bertz CT molecular complexity index is 1120. The van der Waals surface area contributed by atoms with E-state index in [4.69, 9.17) is 0 Å². The van der Waals surface area contributed by atoms with Gasteiger partial charge in [0.1, 0.15) is 0 Å². The fourth-order valence-electron chi connectivity index (χ4n) is 2.92. The van der Waals surface area contributed by atoms with Gasteiger partial charge in [-0.1, -0.05) is 0 Å². The van der Waals surface area contributed by atoms with Crippen LogP contribution in [0.25, 0.3) is 11.0 Å². The topological polar surface area (TPSA) is 83.8 Å². The molecule has 1 aliphatic rings. The van der Waals surface area contributed by atoms with Gasteiger partial charge in [0.05, 0.1) is 0 Å². The Morgan fingerprint density at radius 3 is 2.64 bits per heavy atom. The van der Waals surface area contributed by atoms with Crippen molar-refractivity contribution in [1.82, 2.24) is 18.0 Å². The molecule has 0 bridgehead atoms. The molecule has 2 aromatic heterocycles. The van der Waals surface area contributed by atoms with E-state index in [1.807, 2.05) is 0 Å². The number of benzene rings is 1. The Labute approximate surface area is 163 Å². The van der Waals surface area contributed by atoms with Crippen LogP contribution < -0.4 is 5.56 Å². The molecule has 1 aromatic carbocycles. The summed E-state index contributed by atoms with van der Waals surface area (Å²) in [5, 5.41) is 14.1. The number of aromatic amines is 1. The molecular formula is C17H15F4IN4O2. The maximum absolute atomic E-state index is 14.2. The number of aryl methyl sites for hydroxylation is 1. The predicted octanol–water partition coefficient (Wildman–Crippen LogP) is 3.38. The normalized spacial score (nSPS) is 15.3. The van der Waals surface area contributed by atoms with Crippen molar-refractivity contribution in [2.45, 2.75) is 36.5 Å². The van der Waals surface area contributed by atoms with Crippen LogP contribution in [0, 0.1) is 16.3 Å². The molecule has 0 atom stereocenters. The molecule has 2 heterocycles. The van der Waals surface area contributed by atoms with Crippen LogP contribution >= 0.6 is 20.1 Å². The van der Waals surface area contributed by atoms with Gasteiger partial charge < -0.3 is 0 Å². The number of H-pyrrole nitrogens is 1. The third kappa shape index (κ3) is 3.30. The molecule has 0 saturated heterocycles. The Morgan fingerprint density at radius 1 is 1.36 bits per heavy atom. The molecule has 0 amide bonds. The van der Waals surface area contributed by atoms with Gasteiger partial charge in [-0.25, -0.2) is 0 Å². The van der Waals surface area contributed by atoms with Crippen LogP contribution in [0.2, 0.25) is 0 Å². The molecule has 0 aliphatic heterocycles. The number of aromatic nitrogens is 4. The van der Waals surface area contributed by atoms with Crippen molar-refractivity contribution in [3.63, 3.8) is 0 Å². The van der Waals surface area contributed by atoms with Crippen LogP contribution in [0.5, 0.6) is 0 Å². The van der Waals surface area contributed by atoms with Gasteiger partial charge in [-0.3, -0.25) is 0 Å². The average molecular weight is 510 g/mol. The predicted molar refractivity (Wildman–Crippen MR) is 101 cm³/mol. The van der Waals surface area contributed by atoms with Gasteiger partial charge in [0.25, 0.3) is 0 Å². The van der Waals surface area contributed by atoms with Crippen molar-refractivity contribution in [3.8, 4) is 0 Å². The number of halogens is 5. The Kier molecular flexibility index (Phi) is 4.68. The zero-order chi connectivity index (χ0) is 20.2. The van der Waals surface area contributed by atoms with Crippen LogP contribution in [0.1, 0.15) is 29.9 Å². The Morgan fingerprint density at radius 2 is 2.07 bits per heavy atom. The minimum absolute atomic E-state index is 0.152. The van der Waals surface area contributed by atoms with Crippen molar-refractivity contribution in [2.75, 3.05) is 0 Å². The van der Waals surface area contributed by atoms with Crippen molar-refractivity contribution < 1.29 is 22.7 Å². The number of hydrogen-bond acceptors (Lipinski definition) is 4. The fourth-order valence-corrected chi connectivity index (χ4v) is 9.22. The zero-order valence-electron chi connectivity index (χ0n) is 14.5. The molecule has 11 heteroatoms. The van der Waals surface area contributed by atoms with E-state index in [-0.39, 0.29) is 20.7 Å². The summed E-state index contributed by atoms with van der Waals surface area (Å²) in [6.45, 7) is 1.12. The van der Waals surface area contributed by atoms with Gasteiger partial charge in [-0.15, -0.1) is 0 Å². The van der Waals surface area contributed by atoms with Crippen LogP contribution in [0.15, 0.2) is 23.0 Å². The van der Waals surface area contributed by atoms with E-state index in [0.29, 0.717) is 9.39 Å². The van der Waals surface area contributed by atoms with E-state index in [2.05, 4.69) is 15.1 Å². The molecule has 0 spiro atoms. The second kappa shape index (κ2) is 6.79. The maximum atomic E-state index is 14.2. The fraction of sp³-hybridized carbons (Fsp3) is 0.353. The molecule has 3 aromatic rings. The SMILES string of the molecule is Cc1nc2c(c(CO)nn2I(c2ccc(C(F)(F)F)c(F)c2)C2CC2)c(=O)[nH]1. The molecule has 2 N–H and O–H groups in total. The minimum atomic E-state index is -4.77. The first-order valence-electron chi connectivity index (χ1n) is 8.36. The first-order valence-corrected chi connectivity index (χ1v) is 11.6. The van der Waals surface area contributed by atoms with Crippen LogP contribution in [-0.4, -0.2) is 27.0 Å². The summed E-state index contributed by atoms with van der Waals surface area (Å²) in [4.78, 5) is 19.2. The molecule has 150 valence electrons. The van der Waals surface area contributed by atoms with Gasteiger partial charge >= 0.3 is 163 Å². The second-order valence-electron chi connectivity index (χ2n) is 6.40. The summed E-state index contributed by atoms with van der Waals surface area (Å²) in [6.07, 6.45) is -3.06. The van der Waals surface area contributed by atoms with Crippen LogP contribution in [0.3, 0.4) is 0 Å². The molecule has 4 rings (SSSR count). The van der Waals surface area contributed by atoms with E-state index >= 15 is 0 Å². The summed E-state index contributed by atoms with van der Waals surface area (Å²) in [6, 6.07) is 2.97. The molecule has 1 aliphatic carbocycles. The van der Waals surface area contributed by atoms with E-state index in [9.17, 15) is 27.5 Å². The summed E-state index contributed by atoms with van der Waals surface area (Å²) >= 11 is -2.55. The van der Waals surface area contributed by atoms with E-state index < -0.39 is 49.8 Å². The van der Waals surface area contributed by atoms with E-state index in [0.717, 1.165) is 25.0 Å². The summed E-state index contributed by atoms with van der Waals surface area (Å²) in [5.41, 5.74) is -1.32. The second-order valence-corrected chi connectivity index (χ2v) is 12.0. The molecule has 1 fully saturated rings. The number of nitrogens with one attached hydrogen (secondary N) is 1. The number of fused-ring (bicyclic) bond motifs is 1. The molecule has 0 unspecified atom stereocenters. The van der Waals surface area contributed by atoms with Gasteiger partial charge in [0, 0.05) is 0 Å². The summed E-state index contributed by atoms with van der Waals surface area (Å²) in [5.74, 6) is -0.970. The molecule has 0 radical (unpaired) electrons. The van der Waals surface area contributed by atoms with Crippen LogP contribution in [-0.2, 0) is 12.8 Å². The first kappa shape index (κ1) is 19.3. The summed E-state index contributed by atoms with van der Waals surface area (Å²) < 4.78 is 55.1. The average Bonchev–Trinajstić information content (AvgIpc) is 3.36. The standard InChI is InChI=1S/C17H15F4IN4O2/c1-8-23-15-14(16(28)24-8)13(7-27)25-26(15)22(9-2-3-9)10-4-5-11(12(18)6-10)17(19,20)21/h4-6,9,27H,2-3,7H2,1H3,(H,23,24,28). The zero-order valence-corrected chi connectivity index (χ0v) is 16.7. The number of nitrogens with zero attached hydrogens (tertiary/aromatic N) is 3. The Balaban J connectivity index is 1.91. The molecular weight excluding hydrogens is 495 g/mol. The van der Waals surface area contributed by atoms with Crippen molar-refractivity contribution in [3.05, 3.63) is 55.0 Å². The third-order valence-corrected chi connectivity index (χ3v) is 10.8. The Hall–Kier alpha value is -2.02. The molecule has 1 saturated carbocycles. The van der Waals surface area contributed by atoms with Crippen LogP contribution in [0.4, 0.5) is 17.6 Å². The quantitative estimate of drug-likeness (QED) is 0.321. The van der Waals surface area contributed by atoms with E-state index in [1.54, 1.807) is 9.82 Å². The first-order chi connectivity index (χ1) is 13.2. The van der Waals surface area contributed by atoms with Crippen molar-refractivity contribution in [2.24, 2.45) is 0 Å². The number of hydrogen-bond donors (Lipinski definition) is 2. The molecule has 6 nitrogen and oxygen atoms in total. The van der Waals surface area contributed by atoms with Crippen molar-refractivity contribution in [1.29, 1.82) is 0 Å². The monoisotopic (exact) mass is 510 g/mol. The van der Waals surface area contributed by atoms with Crippen molar-refractivity contribution >= 4 is 31.1 Å². The van der Waals surface area contributed by atoms with E-state index in [1.165, 1.54) is 6.07 Å². The van der Waals surface area contributed by atoms with Gasteiger partial charge in [-0.2, -0.15) is 0 Å². The number of aliphatic hydroxyl groups is 1. The van der Waals surface area contributed by atoms with Gasteiger partial charge in [-0.05, 0) is 0 Å². The number of rotatable bonds is 4. The van der Waals surface area contributed by atoms with Gasteiger partial charge in [0.15, 0.2) is 0 Å².